The molecule has 1 atom stereocenters. The molecule has 0 saturated carbocycles. The van der Waals surface area contributed by atoms with Crippen molar-refractivity contribution < 1.29 is 19.4 Å². The van der Waals surface area contributed by atoms with Crippen LogP contribution in [0, 0.1) is 0 Å². The molecular formula is C15H14Cl2N2O4. The van der Waals surface area contributed by atoms with Crippen LogP contribution in [-0.2, 0) is 9.53 Å². The molecule has 2 N–H and O–H groups in total. The lowest BCUT2D eigenvalue weighted by molar-refractivity contribution is -0.142. The Hall–Kier alpha value is -2.05. The topological polar surface area (TPSA) is 92.3 Å². The molecule has 0 fully saturated rings. The second-order valence-electron chi connectivity index (χ2n) is 4.77. The van der Waals surface area contributed by atoms with E-state index in [0.29, 0.717) is 11.4 Å². The molecule has 2 aromatic rings. The van der Waals surface area contributed by atoms with Crippen molar-refractivity contribution in [2.45, 2.75) is 19.3 Å². The number of aromatic hydroxyl groups is 1. The number of halogens is 2. The van der Waals surface area contributed by atoms with Crippen LogP contribution < -0.4 is 0 Å². The van der Waals surface area contributed by atoms with Crippen LogP contribution in [0.25, 0.3) is 0 Å². The molecule has 1 aromatic carbocycles. The van der Waals surface area contributed by atoms with Gasteiger partial charge in [0, 0.05) is 10.6 Å². The van der Waals surface area contributed by atoms with E-state index < -0.39 is 23.6 Å². The normalized spacial score (nSPS) is 12.0. The summed E-state index contributed by atoms with van der Waals surface area (Å²) in [5, 5.41) is 16.7. The molecule has 0 amide bonds. The minimum Gasteiger partial charge on any atom is -0.493 e. The predicted octanol–water partition coefficient (Wildman–Crippen LogP) is 3.32. The smallest absolute Gasteiger partial charge is 0.314 e. The second-order valence-corrected chi connectivity index (χ2v) is 5.61. The van der Waals surface area contributed by atoms with E-state index in [-0.39, 0.29) is 21.8 Å². The molecule has 8 heteroatoms. The maximum Gasteiger partial charge on any atom is 0.314 e. The fraction of sp³-hybridized carbons (Fsp3) is 0.267. The lowest BCUT2D eigenvalue weighted by Crippen LogP contribution is -2.17. The van der Waals surface area contributed by atoms with Gasteiger partial charge in [-0.05, 0) is 24.6 Å². The summed E-state index contributed by atoms with van der Waals surface area (Å²) >= 11 is 11.9. The molecule has 6 nitrogen and oxygen atoms in total. The highest BCUT2D eigenvalue weighted by atomic mass is 35.5. The van der Waals surface area contributed by atoms with Crippen LogP contribution in [-0.4, -0.2) is 34.2 Å². The number of esters is 1. The van der Waals surface area contributed by atoms with Crippen molar-refractivity contribution in [1.29, 1.82) is 0 Å². The van der Waals surface area contributed by atoms with Crippen molar-refractivity contribution >= 4 is 35.0 Å². The number of hydrogen-bond donors (Lipinski definition) is 2. The quantitative estimate of drug-likeness (QED) is 0.633. The third-order valence-corrected chi connectivity index (χ3v) is 3.95. The summed E-state index contributed by atoms with van der Waals surface area (Å²) in [6, 6.07) is 4.38. The van der Waals surface area contributed by atoms with Gasteiger partial charge in [0.15, 0.2) is 0 Å². The number of methoxy groups -OCH3 is 1. The fourth-order valence-electron chi connectivity index (χ4n) is 2.24. The monoisotopic (exact) mass is 356 g/mol. The average molecular weight is 357 g/mol. The van der Waals surface area contributed by atoms with Crippen molar-refractivity contribution in [2.24, 2.45) is 0 Å². The number of carbonyl (C=O) groups is 2. The van der Waals surface area contributed by atoms with Crippen LogP contribution in [0.5, 0.6) is 5.88 Å². The van der Waals surface area contributed by atoms with Gasteiger partial charge in [-0.2, -0.15) is 5.10 Å². The summed E-state index contributed by atoms with van der Waals surface area (Å²) in [6.45, 7) is 1.75. The van der Waals surface area contributed by atoms with Gasteiger partial charge in [-0.15, -0.1) is 0 Å². The number of nitrogens with zero attached hydrogens (tertiary/aromatic N) is 1. The van der Waals surface area contributed by atoms with Crippen molar-refractivity contribution in [1.82, 2.24) is 10.2 Å². The van der Waals surface area contributed by atoms with Crippen molar-refractivity contribution in [3.8, 4) is 5.88 Å². The minimum absolute atomic E-state index is 0.105. The first-order valence-electron chi connectivity index (χ1n) is 6.75. The summed E-state index contributed by atoms with van der Waals surface area (Å²) in [4.78, 5) is 24.6. The van der Waals surface area contributed by atoms with Gasteiger partial charge in [0.2, 0.25) is 11.7 Å². The summed E-state index contributed by atoms with van der Waals surface area (Å²) in [5.41, 5.74) is 0.160. The minimum atomic E-state index is -0.776. The van der Waals surface area contributed by atoms with Gasteiger partial charge in [0.05, 0.1) is 17.8 Å². The molecule has 0 aliphatic heterocycles. The maximum atomic E-state index is 12.7. The van der Waals surface area contributed by atoms with Gasteiger partial charge < -0.3 is 9.84 Å². The lowest BCUT2D eigenvalue weighted by Gasteiger charge is -2.12. The van der Waals surface area contributed by atoms with Gasteiger partial charge in [-0.3, -0.25) is 9.59 Å². The summed E-state index contributed by atoms with van der Waals surface area (Å²) in [6.07, 6.45) is 0.353. The van der Waals surface area contributed by atoms with Gasteiger partial charge in [-0.1, -0.05) is 30.1 Å². The molecule has 0 radical (unpaired) electrons. The van der Waals surface area contributed by atoms with Crippen LogP contribution in [0.4, 0.5) is 0 Å². The maximum absolute atomic E-state index is 12.7. The molecule has 1 unspecified atom stereocenters. The summed E-state index contributed by atoms with van der Waals surface area (Å²) in [7, 11) is 1.25. The van der Waals surface area contributed by atoms with Crippen LogP contribution in [0.15, 0.2) is 18.2 Å². The largest absolute Gasteiger partial charge is 0.493 e. The highest BCUT2D eigenvalue weighted by molar-refractivity contribution is 6.37. The molecule has 23 heavy (non-hydrogen) atoms. The van der Waals surface area contributed by atoms with E-state index in [9.17, 15) is 14.7 Å². The molecule has 0 saturated heterocycles. The Bertz CT molecular complexity index is 758. The van der Waals surface area contributed by atoms with Gasteiger partial charge in [0.25, 0.3) is 0 Å². The number of nitrogens with one attached hydrogen (secondary N) is 1. The second kappa shape index (κ2) is 7.02. The fourth-order valence-corrected chi connectivity index (χ4v) is 2.74. The molecule has 0 spiro atoms. The van der Waals surface area contributed by atoms with Gasteiger partial charge in [-0.25, -0.2) is 5.10 Å². The molecule has 1 heterocycles. The van der Waals surface area contributed by atoms with E-state index in [1.54, 1.807) is 6.92 Å². The van der Waals surface area contributed by atoms with Crippen molar-refractivity contribution in [2.75, 3.05) is 7.11 Å². The highest BCUT2D eigenvalue weighted by Crippen LogP contribution is 2.32. The van der Waals surface area contributed by atoms with E-state index in [1.165, 1.54) is 25.3 Å². The first kappa shape index (κ1) is 17.3. The number of rotatable bonds is 5. The van der Waals surface area contributed by atoms with E-state index >= 15 is 0 Å². The Morgan fingerprint density at radius 3 is 2.65 bits per heavy atom. The summed E-state index contributed by atoms with van der Waals surface area (Å²) < 4.78 is 4.72. The molecule has 0 bridgehead atoms. The van der Waals surface area contributed by atoms with Gasteiger partial charge in [0.1, 0.15) is 11.5 Å². The Morgan fingerprint density at radius 1 is 1.39 bits per heavy atom. The summed E-state index contributed by atoms with van der Waals surface area (Å²) in [5.74, 6) is -2.31. The molecule has 2 rings (SSSR count). The SMILES string of the molecule is CCC(C(=O)OC)c1n[nH]c(O)c1C(=O)c1ccc(Cl)cc1Cl. The number of H-pyrrole nitrogens is 1. The Balaban J connectivity index is 2.53. The molecule has 1 aromatic heterocycles. The molecular weight excluding hydrogens is 343 g/mol. The van der Waals surface area contributed by atoms with E-state index in [1.807, 2.05) is 0 Å². The number of hydrogen-bond acceptors (Lipinski definition) is 5. The van der Waals surface area contributed by atoms with Crippen molar-refractivity contribution in [3.63, 3.8) is 0 Å². The van der Waals surface area contributed by atoms with Crippen molar-refractivity contribution in [3.05, 3.63) is 45.1 Å². The average Bonchev–Trinajstić information content (AvgIpc) is 2.88. The van der Waals surface area contributed by atoms with E-state index in [4.69, 9.17) is 27.9 Å². The standard InChI is InChI=1S/C15H14Cl2N2O4/c1-3-8(15(22)23-2)12-11(14(21)19-18-12)13(20)9-5-4-7(16)6-10(9)17/h4-6,8H,3H2,1-2H3,(H2,18,19,21). The van der Waals surface area contributed by atoms with E-state index in [0.717, 1.165) is 0 Å². The third-order valence-electron chi connectivity index (χ3n) is 3.40. The Labute approximate surface area is 142 Å². The van der Waals surface area contributed by atoms with Crippen LogP contribution in [0.3, 0.4) is 0 Å². The number of ether oxygens (including phenoxy) is 1. The number of aromatic amines is 1. The first-order valence-corrected chi connectivity index (χ1v) is 7.51. The lowest BCUT2D eigenvalue weighted by atomic mass is 9.94. The van der Waals surface area contributed by atoms with Crippen LogP contribution in [0.2, 0.25) is 10.0 Å². The number of ketones is 1. The molecule has 122 valence electrons. The number of carbonyl (C=O) groups excluding carboxylic acids is 2. The Morgan fingerprint density at radius 2 is 2.09 bits per heavy atom. The van der Waals surface area contributed by atoms with Crippen LogP contribution >= 0.6 is 23.2 Å². The highest BCUT2D eigenvalue weighted by Gasteiger charge is 2.31. The zero-order valence-corrected chi connectivity index (χ0v) is 13.9. The molecule has 0 aliphatic carbocycles. The predicted molar refractivity (Wildman–Crippen MR) is 85.2 cm³/mol. The first-order chi connectivity index (χ1) is 10.9. The Kier molecular flexibility index (Phi) is 5.28. The molecule has 0 aliphatic rings. The van der Waals surface area contributed by atoms with Crippen LogP contribution in [0.1, 0.15) is 40.9 Å². The zero-order chi connectivity index (χ0) is 17.1. The van der Waals surface area contributed by atoms with E-state index in [2.05, 4.69) is 10.2 Å². The third kappa shape index (κ3) is 3.33. The number of aromatic nitrogens is 2. The zero-order valence-electron chi connectivity index (χ0n) is 12.4. The number of benzene rings is 1. The van der Waals surface area contributed by atoms with Gasteiger partial charge >= 0.3 is 5.97 Å².